The molecule has 1 saturated heterocycles. The molecule has 1 atom stereocenters. The highest BCUT2D eigenvalue weighted by Crippen LogP contribution is 2.21. The second kappa shape index (κ2) is 8.39. The second-order valence-corrected chi connectivity index (χ2v) is 7.56. The minimum Gasteiger partial charge on any atom is -0.368 e. The molecule has 0 N–H and O–H groups in total. The van der Waals surface area contributed by atoms with Gasteiger partial charge in [-0.1, -0.05) is 30.3 Å². The van der Waals surface area contributed by atoms with Crippen LogP contribution in [0.3, 0.4) is 0 Å². The summed E-state index contributed by atoms with van der Waals surface area (Å²) in [5, 5.41) is -0.0439. The van der Waals surface area contributed by atoms with Crippen molar-refractivity contribution in [2.75, 3.05) is 31.1 Å². The molecule has 1 aliphatic rings. The minimum absolute atomic E-state index is 0.0439. The molecule has 132 valence electrons. The van der Waals surface area contributed by atoms with Gasteiger partial charge in [-0.2, -0.15) is 0 Å². The van der Waals surface area contributed by atoms with Gasteiger partial charge < -0.3 is 9.80 Å². The maximum atomic E-state index is 13.0. The number of thioether (sulfide) groups is 1. The van der Waals surface area contributed by atoms with Gasteiger partial charge in [0, 0.05) is 37.6 Å². The summed E-state index contributed by atoms with van der Waals surface area (Å²) >= 11 is 1.68. The van der Waals surface area contributed by atoms with Crippen molar-refractivity contribution in [3.8, 4) is 0 Å². The van der Waals surface area contributed by atoms with E-state index in [9.17, 15) is 9.18 Å². The lowest BCUT2D eigenvalue weighted by molar-refractivity contribution is -0.130. The van der Waals surface area contributed by atoms with E-state index < -0.39 is 0 Å². The normalized spacial score (nSPS) is 15.9. The molecule has 2 aromatic carbocycles. The molecule has 1 unspecified atom stereocenters. The lowest BCUT2D eigenvalue weighted by Crippen LogP contribution is -2.50. The Morgan fingerprint density at radius 1 is 1.04 bits per heavy atom. The van der Waals surface area contributed by atoms with Crippen LogP contribution in [0.5, 0.6) is 0 Å². The number of nitrogens with zero attached hydrogens (tertiary/aromatic N) is 2. The molecule has 3 rings (SSSR count). The Morgan fingerprint density at radius 2 is 1.68 bits per heavy atom. The third-order valence-corrected chi connectivity index (χ3v) is 5.68. The van der Waals surface area contributed by atoms with Crippen molar-refractivity contribution in [1.29, 1.82) is 0 Å². The van der Waals surface area contributed by atoms with Gasteiger partial charge in [-0.05, 0) is 36.8 Å². The highest BCUT2D eigenvalue weighted by atomic mass is 32.2. The molecule has 1 amide bonds. The summed E-state index contributed by atoms with van der Waals surface area (Å²) in [6.07, 6.45) is 0. The fourth-order valence-electron chi connectivity index (χ4n) is 2.96. The topological polar surface area (TPSA) is 23.6 Å². The number of benzene rings is 2. The van der Waals surface area contributed by atoms with Crippen molar-refractivity contribution in [1.82, 2.24) is 4.90 Å². The van der Waals surface area contributed by atoms with E-state index in [-0.39, 0.29) is 17.0 Å². The van der Waals surface area contributed by atoms with Crippen LogP contribution in [0.1, 0.15) is 12.5 Å². The van der Waals surface area contributed by atoms with Crippen LogP contribution in [0.2, 0.25) is 0 Å². The lowest BCUT2D eigenvalue weighted by atomic mass is 10.2. The van der Waals surface area contributed by atoms with Gasteiger partial charge in [0.1, 0.15) is 5.82 Å². The molecule has 1 heterocycles. The number of carbonyl (C=O) groups is 1. The highest BCUT2D eigenvalue weighted by molar-refractivity contribution is 7.99. The van der Waals surface area contributed by atoms with Crippen LogP contribution in [0, 0.1) is 5.82 Å². The van der Waals surface area contributed by atoms with Crippen molar-refractivity contribution in [2.24, 2.45) is 0 Å². The molecule has 0 saturated carbocycles. The number of amides is 1. The Kier molecular flexibility index (Phi) is 5.97. The summed E-state index contributed by atoms with van der Waals surface area (Å²) < 4.78 is 13.0. The van der Waals surface area contributed by atoms with Gasteiger partial charge in [0.15, 0.2) is 0 Å². The van der Waals surface area contributed by atoms with E-state index in [0.29, 0.717) is 13.1 Å². The van der Waals surface area contributed by atoms with Gasteiger partial charge in [-0.15, -0.1) is 11.8 Å². The maximum Gasteiger partial charge on any atom is 0.235 e. The van der Waals surface area contributed by atoms with Gasteiger partial charge in [-0.3, -0.25) is 4.79 Å². The van der Waals surface area contributed by atoms with E-state index in [4.69, 9.17) is 0 Å². The minimum atomic E-state index is -0.221. The van der Waals surface area contributed by atoms with Gasteiger partial charge in [-0.25, -0.2) is 4.39 Å². The number of piperazine rings is 1. The Labute approximate surface area is 152 Å². The summed E-state index contributed by atoms with van der Waals surface area (Å²) in [7, 11) is 0. The van der Waals surface area contributed by atoms with Crippen LogP contribution in [-0.2, 0) is 10.5 Å². The number of halogens is 1. The summed E-state index contributed by atoms with van der Waals surface area (Å²) in [6, 6.07) is 16.8. The van der Waals surface area contributed by atoms with Gasteiger partial charge in [0.25, 0.3) is 0 Å². The third-order valence-electron chi connectivity index (χ3n) is 4.47. The van der Waals surface area contributed by atoms with Crippen LogP contribution in [0.15, 0.2) is 54.6 Å². The second-order valence-electron chi connectivity index (χ2n) is 6.23. The summed E-state index contributed by atoms with van der Waals surface area (Å²) in [6.45, 7) is 4.99. The molecule has 3 nitrogen and oxygen atoms in total. The van der Waals surface area contributed by atoms with Gasteiger partial charge in [0.2, 0.25) is 5.91 Å². The number of anilines is 1. The molecular weight excluding hydrogens is 335 g/mol. The molecule has 0 aliphatic carbocycles. The van der Waals surface area contributed by atoms with Crippen molar-refractivity contribution < 1.29 is 9.18 Å². The summed E-state index contributed by atoms with van der Waals surface area (Å²) in [5.74, 6) is 0.838. The predicted molar refractivity (Wildman–Crippen MR) is 102 cm³/mol. The van der Waals surface area contributed by atoms with E-state index in [1.807, 2.05) is 30.0 Å². The maximum absolute atomic E-state index is 13.0. The average molecular weight is 358 g/mol. The van der Waals surface area contributed by atoms with Crippen LogP contribution in [0.25, 0.3) is 0 Å². The third kappa shape index (κ3) is 4.75. The van der Waals surface area contributed by atoms with Crippen LogP contribution in [-0.4, -0.2) is 42.2 Å². The zero-order chi connectivity index (χ0) is 17.6. The van der Waals surface area contributed by atoms with E-state index in [0.717, 1.165) is 24.5 Å². The van der Waals surface area contributed by atoms with Crippen LogP contribution < -0.4 is 4.90 Å². The molecular formula is C20H23FN2OS. The SMILES string of the molecule is CC(SCc1ccccc1)C(=O)N1CCN(c2ccc(F)cc2)CC1. The van der Waals surface area contributed by atoms with Crippen molar-refractivity contribution in [2.45, 2.75) is 17.9 Å². The molecule has 0 spiro atoms. The van der Waals surface area contributed by atoms with E-state index in [1.165, 1.54) is 17.7 Å². The number of hydrogen-bond donors (Lipinski definition) is 0. The van der Waals surface area contributed by atoms with Crippen molar-refractivity contribution >= 4 is 23.4 Å². The van der Waals surface area contributed by atoms with Crippen LogP contribution in [0.4, 0.5) is 10.1 Å². The standard InChI is InChI=1S/C20H23FN2OS/c1-16(25-15-17-5-3-2-4-6-17)20(24)23-13-11-22(12-14-23)19-9-7-18(21)8-10-19/h2-10,16H,11-15H2,1H3. The molecule has 1 aliphatic heterocycles. The Balaban J connectivity index is 1.48. The molecule has 25 heavy (non-hydrogen) atoms. The summed E-state index contributed by atoms with van der Waals surface area (Å²) in [5.41, 5.74) is 2.26. The first-order chi connectivity index (χ1) is 12.1. The Hall–Kier alpha value is -2.01. The largest absolute Gasteiger partial charge is 0.368 e. The first-order valence-corrected chi connectivity index (χ1v) is 9.63. The molecule has 5 heteroatoms. The number of rotatable bonds is 5. The smallest absolute Gasteiger partial charge is 0.235 e. The van der Waals surface area contributed by atoms with Gasteiger partial charge in [0.05, 0.1) is 5.25 Å². The number of carbonyl (C=O) groups excluding carboxylic acids is 1. The first-order valence-electron chi connectivity index (χ1n) is 8.58. The summed E-state index contributed by atoms with van der Waals surface area (Å²) in [4.78, 5) is 16.8. The fourth-order valence-corrected chi connectivity index (χ4v) is 3.89. The molecule has 0 aromatic heterocycles. The predicted octanol–water partition coefficient (Wildman–Crippen LogP) is 3.80. The van der Waals surface area contributed by atoms with Crippen molar-refractivity contribution in [3.05, 3.63) is 66.0 Å². The zero-order valence-corrected chi connectivity index (χ0v) is 15.2. The lowest BCUT2D eigenvalue weighted by Gasteiger charge is -2.37. The number of hydrogen-bond acceptors (Lipinski definition) is 3. The van der Waals surface area contributed by atoms with E-state index in [1.54, 1.807) is 23.9 Å². The Bertz CT molecular complexity index is 685. The quantitative estimate of drug-likeness (QED) is 0.812. The van der Waals surface area contributed by atoms with E-state index in [2.05, 4.69) is 17.0 Å². The average Bonchev–Trinajstić information content (AvgIpc) is 2.67. The first kappa shape index (κ1) is 17.8. The fraction of sp³-hybridized carbons (Fsp3) is 0.350. The van der Waals surface area contributed by atoms with Crippen LogP contribution >= 0.6 is 11.8 Å². The molecule has 2 aromatic rings. The molecule has 0 radical (unpaired) electrons. The molecule has 0 bridgehead atoms. The molecule has 1 fully saturated rings. The monoisotopic (exact) mass is 358 g/mol. The van der Waals surface area contributed by atoms with Crippen molar-refractivity contribution in [3.63, 3.8) is 0 Å². The zero-order valence-electron chi connectivity index (χ0n) is 14.4. The Morgan fingerprint density at radius 3 is 2.32 bits per heavy atom. The van der Waals surface area contributed by atoms with E-state index >= 15 is 0 Å². The van der Waals surface area contributed by atoms with Gasteiger partial charge >= 0.3 is 0 Å². The highest BCUT2D eigenvalue weighted by Gasteiger charge is 2.25.